The minimum atomic E-state index is -0.282. The number of anilines is 1. The monoisotopic (exact) mass is 194 g/mol. The lowest BCUT2D eigenvalue weighted by molar-refractivity contribution is -0.593. The number of nitrogen functional groups attached to an aromatic ring is 1. The van der Waals surface area contributed by atoms with Crippen molar-refractivity contribution >= 4 is 23.2 Å². The van der Waals surface area contributed by atoms with E-state index in [9.17, 15) is 4.79 Å². The van der Waals surface area contributed by atoms with E-state index in [1.165, 1.54) is 0 Å². The summed E-state index contributed by atoms with van der Waals surface area (Å²) in [6, 6.07) is 0.205. The average Bonchev–Trinajstić information content (AvgIpc) is 2.08. The van der Waals surface area contributed by atoms with E-state index in [2.05, 4.69) is 15.0 Å². The molecule has 0 radical (unpaired) electrons. The lowest BCUT2D eigenvalue weighted by atomic mass is 10.2. The molecular weight excluding hydrogens is 182 g/mol. The second kappa shape index (κ2) is 2.91. The van der Waals surface area contributed by atoms with Crippen molar-refractivity contribution < 1.29 is 5.32 Å². The number of fused-ring (bicyclic) bond motifs is 1. The van der Waals surface area contributed by atoms with Crippen LogP contribution in [0.4, 0.5) is 17.5 Å². The van der Waals surface area contributed by atoms with Crippen molar-refractivity contribution in [3.63, 3.8) is 0 Å². The minimum absolute atomic E-state index is 0.131. The van der Waals surface area contributed by atoms with E-state index in [1.807, 2.05) is 19.2 Å². The molecule has 1 unspecified atom stereocenters. The van der Waals surface area contributed by atoms with Crippen LogP contribution >= 0.6 is 0 Å². The average molecular weight is 194 g/mol. The van der Waals surface area contributed by atoms with E-state index >= 15 is 0 Å². The smallest absolute Gasteiger partial charge is 0.284 e. The van der Waals surface area contributed by atoms with Crippen LogP contribution in [0, 0.1) is 0 Å². The predicted octanol–water partition coefficient (Wildman–Crippen LogP) is -0.958. The maximum absolute atomic E-state index is 11.4. The summed E-state index contributed by atoms with van der Waals surface area (Å²) in [6.07, 6.45) is 0. The molecule has 74 valence electrons. The van der Waals surface area contributed by atoms with Crippen molar-refractivity contribution in [1.29, 1.82) is 0 Å². The van der Waals surface area contributed by atoms with Crippen molar-refractivity contribution in [2.24, 2.45) is 4.99 Å². The zero-order valence-corrected chi connectivity index (χ0v) is 8.03. The molecule has 0 fully saturated rings. The molecule has 1 aliphatic rings. The number of aromatic amines is 1. The first-order valence-corrected chi connectivity index (χ1v) is 4.38. The highest BCUT2D eigenvalue weighted by Crippen LogP contribution is 2.16. The molecular formula is C8H12N5O+. The number of nitrogens with zero attached hydrogens (tertiary/aromatic N) is 2. The molecule has 0 aromatic carbocycles. The molecule has 0 spiro atoms. The van der Waals surface area contributed by atoms with E-state index in [4.69, 9.17) is 5.73 Å². The Morgan fingerprint density at radius 1 is 1.57 bits per heavy atom. The second-order valence-electron chi connectivity index (χ2n) is 3.39. The summed E-state index contributed by atoms with van der Waals surface area (Å²) in [5.74, 6) is 0.705. The molecule has 0 saturated heterocycles. The van der Waals surface area contributed by atoms with Crippen molar-refractivity contribution in [3.05, 3.63) is 10.4 Å². The molecule has 0 saturated carbocycles. The Bertz CT molecular complexity index is 461. The third-order valence-electron chi connectivity index (χ3n) is 2.30. The predicted molar refractivity (Wildman–Crippen MR) is 53.1 cm³/mol. The van der Waals surface area contributed by atoms with Crippen LogP contribution < -0.4 is 16.6 Å². The number of aliphatic imine (C=N–C) groups is 1. The molecule has 0 aliphatic carbocycles. The molecule has 0 amide bonds. The summed E-state index contributed by atoms with van der Waals surface area (Å²) in [5, 5.41) is 1.89. The fourth-order valence-electron chi connectivity index (χ4n) is 1.36. The number of rotatable bonds is 0. The molecule has 14 heavy (non-hydrogen) atoms. The van der Waals surface area contributed by atoms with Crippen molar-refractivity contribution in [2.75, 3.05) is 5.73 Å². The van der Waals surface area contributed by atoms with Gasteiger partial charge in [-0.1, -0.05) is 0 Å². The van der Waals surface area contributed by atoms with Crippen LogP contribution in [0.1, 0.15) is 13.8 Å². The van der Waals surface area contributed by atoms with Gasteiger partial charge in [-0.15, -0.1) is 0 Å². The summed E-state index contributed by atoms with van der Waals surface area (Å²) in [7, 11) is 0. The number of nitrogens with one attached hydrogen (secondary N) is 1. The zero-order chi connectivity index (χ0) is 10.3. The Morgan fingerprint density at radius 3 is 3.00 bits per heavy atom. The number of aromatic nitrogens is 2. The maximum atomic E-state index is 11.4. The lowest BCUT2D eigenvalue weighted by Gasteiger charge is -2.15. The largest absolute Gasteiger partial charge is 0.369 e. The number of nitrogens with two attached hydrogens (primary N) is 2. The van der Waals surface area contributed by atoms with E-state index < -0.39 is 0 Å². The lowest BCUT2D eigenvalue weighted by Crippen LogP contribution is -2.87. The summed E-state index contributed by atoms with van der Waals surface area (Å²) in [6.45, 7) is 3.89. The zero-order valence-electron chi connectivity index (χ0n) is 8.03. The summed E-state index contributed by atoms with van der Waals surface area (Å²) in [5.41, 5.74) is 6.41. The van der Waals surface area contributed by atoms with Crippen LogP contribution in [0.25, 0.3) is 0 Å². The first kappa shape index (κ1) is 8.89. The van der Waals surface area contributed by atoms with Crippen LogP contribution in [-0.2, 0) is 0 Å². The fraction of sp³-hybridized carbons (Fsp3) is 0.375. The molecule has 5 N–H and O–H groups in total. The quantitative estimate of drug-likeness (QED) is 0.496. The molecule has 1 atom stereocenters. The van der Waals surface area contributed by atoms with E-state index in [0.29, 0.717) is 11.5 Å². The Morgan fingerprint density at radius 2 is 2.29 bits per heavy atom. The van der Waals surface area contributed by atoms with Gasteiger partial charge in [0.2, 0.25) is 11.6 Å². The molecule has 1 aromatic heterocycles. The van der Waals surface area contributed by atoms with Crippen LogP contribution in [0.2, 0.25) is 0 Å². The van der Waals surface area contributed by atoms with Gasteiger partial charge in [-0.2, -0.15) is 4.98 Å². The van der Waals surface area contributed by atoms with Crippen molar-refractivity contribution in [3.8, 4) is 0 Å². The van der Waals surface area contributed by atoms with Gasteiger partial charge in [0, 0.05) is 0 Å². The van der Waals surface area contributed by atoms with Gasteiger partial charge < -0.3 is 5.73 Å². The fourth-order valence-corrected chi connectivity index (χ4v) is 1.36. The normalized spacial score (nSPS) is 20.1. The molecule has 2 rings (SSSR count). The van der Waals surface area contributed by atoms with Gasteiger partial charge in [-0.05, 0) is 13.8 Å². The summed E-state index contributed by atoms with van der Waals surface area (Å²) in [4.78, 5) is 22.1. The molecule has 1 aromatic rings. The minimum Gasteiger partial charge on any atom is -0.369 e. The van der Waals surface area contributed by atoms with Crippen molar-refractivity contribution in [1.82, 2.24) is 9.97 Å². The number of hydrogen-bond acceptors (Lipinski definition) is 4. The first-order valence-electron chi connectivity index (χ1n) is 4.38. The Balaban J connectivity index is 2.66. The standard InChI is InChI=1S/C8H11N5O/c1-3-4(2)11-6-5(10-3)7(14)13-8(9)12-6/h4H,1-2H3,(H4,9,11,12,13,14)/p+1. The number of hydrogen-bond donors (Lipinski definition) is 3. The highest BCUT2D eigenvalue weighted by atomic mass is 16.1. The topological polar surface area (TPSA) is 101 Å². The van der Waals surface area contributed by atoms with Gasteiger partial charge in [0.15, 0.2) is 0 Å². The number of quaternary nitrogens is 1. The van der Waals surface area contributed by atoms with Crippen molar-refractivity contribution in [2.45, 2.75) is 19.9 Å². The van der Waals surface area contributed by atoms with Crippen LogP contribution in [0.15, 0.2) is 9.79 Å². The molecule has 6 heteroatoms. The Kier molecular flexibility index (Phi) is 1.85. The summed E-state index contributed by atoms with van der Waals surface area (Å²) >= 11 is 0. The molecule has 0 bridgehead atoms. The summed E-state index contributed by atoms with van der Waals surface area (Å²) < 4.78 is 0. The van der Waals surface area contributed by atoms with Crippen LogP contribution in [0.5, 0.6) is 0 Å². The van der Waals surface area contributed by atoms with E-state index in [-0.39, 0.29) is 17.5 Å². The van der Waals surface area contributed by atoms with Gasteiger partial charge in [0.1, 0.15) is 6.04 Å². The van der Waals surface area contributed by atoms with Crippen LogP contribution in [-0.4, -0.2) is 21.7 Å². The van der Waals surface area contributed by atoms with Gasteiger partial charge in [-0.25, -0.2) is 4.99 Å². The Labute approximate surface area is 80.3 Å². The third-order valence-corrected chi connectivity index (χ3v) is 2.30. The molecule has 1 aliphatic heterocycles. The highest BCUT2D eigenvalue weighted by Gasteiger charge is 2.23. The third kappa shape index (κ3) is 1.29. The Hall–Kier alpha value is -1.69. The van der Waals surface area contributed by atoms with Crippen LogP contribution in [0.3, 0.4) is 0 Å². The maximum Gasteiger partial charge on any atom is 0.284 e. The van der Waals surface area contributed by atoms with Gasteiger partial charge in [-0.3, -0.25) is 15.1 Å². The SMILES string of the molecule is CC1=Nc2c(nc(N)[nH]c2=O)[NH2+]C1C. The van der Waals surface area contributed by atoms with Gasteiger partial charge >= 0.3 is 0 Å². The van der Waals surface area contributed by atoms with E-state index in [0.717, 1.165) is 5.71 Å². The highest BCUT2D eigenvalue weighted by molar-refractivity contribution is 5.90. The second-order valence-corrected chi connectivity index (χ2v) is 3.39. The van der Waals surface area contributed by atoms with E-state index in [1.54, 1.807) is 0 Å². The first-order chi connectivity index (χ1) is 6.58. The van der Waals surface area contributed by atoms with Gasteiger partial charge in [0.25, 0.3) is 11.4 Å². The molecule has 6 nitrogen and oxygen atoms in total. The number of H-pyrrole nitrogens is 1. The molecule has 2 heterocycles. The van der Waals surface area contributed by atoms with Gasteiger partial charge in [0.05, 0.1) is 5.71 Å².